The highest BCUT2D eigenvalue weighted by Gasteiger charge is 2.32. The van der Waals surface area contributed by atoms with E-state index in [0.717, 1.165) is 31.2 Å². The minimum Gasteiger partial charge on any atom is -0.440 e. The lowest BCUT2D eigenvalue weighted by molar-refractivity contribution is 0.530. The zero-order valence-corrected chi connectivity index (χ0v) is 18.4. The number of nitrogens with one attached hydrogen (secondary N) is 1. The van der Waals surface area contributed by atoms with Crippen LogP contribution in [0.1, 0.15) is 49.4 Å². The maximum atomic E-state index is 12.7. The van der Waals surface area contributed by atoms with Gasteiger partial charge in [-0.15, -0.1) is 0 Å². The number of aromatic nitrogens is 5. The molecule has 0 unspecified atom stereocenters. The molecule has 0 saturated heterocycles. The molecule has 2 aliphatic carbocycles. The van der Waals surface area contributed by atoms with E-state index in [1.54, 1.807) is 16.8 Å². The van der Waals surface area contributed by atoms with Gasteiger partial charge in [-0.3, -0.25) is 14.3 Å². The third-order valence-electron chi connectivity index (χ3n) is 5.62. The second kappa shape index (κ2) is 7.60. The standard InChI is InChI=1S/C22H18ClN5O3S/c23-13-3-1-2-12(8-13)15-9-24-16(31-15)10-32-21-17-19(25-18(26-21)11-4-5-11)28(14-6-7-14)22(30)27-20(17)29/h1-3,8-9,11,14H,4-7,10H2,(H,27,29,30). The van der Waals surface area contributed by atoms with Crippen molar-refractivity contribution in [2.75, 3.05) is 0 Å². The van der Waals surface area contributed by atoms with E-state index in [-0.39, 0.29) is 12.0 Å². The monoisotopic (exact) mass is 467 g/mol. The number of hydrogen-bond acceptors (Lipinski definition) is 7. The Bertz CT molecular complexity index is 1470. The fourth-order valence-electron chi connectivity index (χ4n) is 3.72. The van der Waals surface area contributed by atoms with E-state index >= 15 is 0 Å². The highest BCUT2D eigenvalue weighted by molar-refractivity contribution is 7.98. The summed E-state index contributed by atoms with van der Waals surface area (Å²) in [7, 11) is 0. The second-order valence-corrected chi connectivity index (χ2v) is 9.54. The molecular formula is C22H18ClN5O3S. The summed E-state index contributed by atoms with van der Waals surface area (Å²) in [5.41, 5.74) is 0.418. The van der Waals surface area contributed by atoms with E-state index < -0.39 is 11.2 Å². The lowest BCUT2D eigenvalue weighted by atomic mass is 10.2. The average molecular weight is 468 g/mol. The van der Waals surface area contributed by atoms with Crippen molar-refractivity contribution in [2.45, 2.75) is 48.4 Å². The van der Waals surface area contributed by atoms with E-state index in [1.165, 1.54) is 11.8 Å². The first kappa shape index (κ1) is 19.8. The molecule has 3 heterocycles. The zero-order valence-electron chi connectivity index (χ0n) is 16.9. The average Bonchev–Trinajstić information content (AvgIpc) is 3.70. The molecule has 1 N–H and O–H groups in total. The van der Waals surface area contributed by atoms with Crippen molar-refractivity contribution in [3.63, 3.8) is 0 Å². The lowest BCUT2D eigenvalue weighted by Crippen LogP contribution is -2.31. The molecule has 4 aromatic rings. The van der Waals surface area contributed by atoms with Gasteiger partial charge in [0.05, 0.1) is 11.9 Å². The fraction of sp³-hybridized carbons (Fsp3) is 0.318. The Morgan fingerprint density at radius 2 is 2.03 bits per heavy atom. The molecule has 6 rings (SSSR count). The number of thioether (sulfide) groups is 1. The number of rotatable bonds is 6. The van der Waals surface area contributed by atoms with E-state index in [9.17, 15) is 9.59 Å². The number of halogens is 1. The highest BCUT2D eigenvalue weighted by atomic mass is 35.5. The molecule has 2 saturated carbocycles. The van der Waals surface area contributed by atoms with Crippen molar-refractivity contribution < 1.29 is 4.42 Å². The number of nitrogens with zero attached hydrogens (tertiary/aromatic N) is 4. The number of aromatic amines is 1. The van der Waals surface area contributed by atoms with Gasteiger partial charge in [0.1, 0.15) is 16.2 Å². The quantitative estimate of drug-likeness (QED) is 0.333. The first-order valence-electron chi connectivity index (χ1n) is 10.5. The van der Waals surface area contributed by atoms with Crippen molar-refractivity contribution in [3.05, 3.63) is 68.0 Å². The SMILES string of the molecule is O=c1[nH]c(=O)n(C2CC2)c2nc(C3CC3)nc(SCc3ncc(-c4cccc(Cl)c4)o3)c12. The molecular weight excluding hydrogens is 450 g/mol. The first-order valence-corrected chi connectivity index (χ1v) is 11.8. The van der Waals surface area contributed by atoms with Gasteiger partial charge in [-0.2, -0.15) is 0 Å². The van der Waals surface area contributed by atoms with Gasteiger partial charge in [0.25, 0.3) is 5.56 Å². The molecule has 162 valence electrons. The van der Waals surface area contributed by atoms with Crippen LogP contribution < -0.4 is 11.2 Å². The van der Waals surface area contributed by atoms with Crippen LogP contribution in [0.3, 0.4) is 0 Å². The number of hydrogen-bond donors (Lipinski definition) is 1. The molecule has 0 aliphatic heterocycles. The lowest BCUT2D eigenvalue weighted by Gasteiger charge is -2.11. The van der Waals surface area contributed by atoms with Gasteiger partial charge < -0.3 is 4.42 Å². The summed E-state index contributed by atoms with van der Waals surface area (Å²) in [5.74, 6) is 2.51. The van der Waals surface area contributed by atoms with Gasteiger partial charge in [-0.25, -0.2) is 19.7 Å². The molecule has 1 aromatic carbocycles. The molecule has 0 atom stereocenters. The number of H-pyrrole nitrogens is 1. The van der Waals surface area contributed by atoms with Gasteiger partial charge >= 0.3 is 5.69 Å². The Morgan fingerprint density at radius 3 is 2.78 bits per heavy atom. The summed E-state index contributed by atoms with van der Waals surface area (Å²) in [5, 5.41) is 1.53. The van der Waals surface area contributed by atoms with Gasteiger partial charge in [0.15, 0.2) is 11.4 Å². The smallest absolute Gasteiger partial charge is 0.330 e. The van der Waals surface area contributed by atoms with Crippen molar-refractivity contribution in [2.24, 2.45) is 0 Å². The van der Waals surface area contributed by atoms with Gasteiger partial charge in [-0.05, 0) is 37.8 Å². The predicted octanol–water partition coefficient (Wildman–Crippen LogP) is 4.29. The summed E-state index contributed by atoms with van der Waals surface area (Å²) < 4.78 is 7.52. The van der Waals surface area contributed by atoms with E-state index in [0.29, 0.717) is 44.3 Å². The summed E-state index contributed by atoms with van der Waals surface area (Å²) >= 11 is 7.44. The summed E-state index contributed by atoms with van der Waals surface area (Å²) in [4.78, 5) is 41.4. The Labute approximate surface area is 191 Å². The molecule has 0 radical (unpaired) electrons. The minimum atomic E-state index is -0.459. The maximum Gasteiger partial charge on any atom is 0.330 e. The van der Waals surface area contributed by atoms with Crippen LogP contribution in [0.5, 0.6) is 0 Å². The number of fused-ring (bicyclic) bond motifs is 1. The third-order valence-corrected chi connectivity index (χ3v) is 6.81. The Hall–Kier alpha value is -2.91. The summed E-state index contributed by atoms with van der Waals surface area (Å²) in [6.07, 6.45) is 5.53. The normalized spacial score (nSPS) is 16.0. The van der Waals surface area contributed by atoms with Gasteiger partial charge in [0, 0.05) is 22.5 Å². The first-order chi connectivity index (χ1) is 15.6. The molecule has 0 amide bonds. The van der Waals surface area contributed by atoms with E-state index in [2.05, 4.69) is 15.0 Å². The van der Waals surface area contributed by atoms with Crippen LogP contribution in [0.2, 0.25) is 5.02 Å². The largest absolute Gasteiger partial charge is 0.440 e. The molecule has 0 spiro atoms. The Balaban J connectivity index is 1.37. The van der Waals surface area contributed by atoms with Crippen LogP contribution in [-0.2, 0) is 5.75 Å². The fourth-order valence-corrected chi connectivity index (χ4v) is 4.79. The Kier molecular flexibility index (Phi) is 4.69. The van der Waals surface area contributed by atoms with Crippen LogP contribution in [0.25, 0.3) is 22.4 Å². The Morgan fingerprint density at radius 1 is 1.19 bits per heavy atom. The third kappa shape index (κ3) is 3.65. The van der Waals surface area contributed by atoms with Gasteiger partial charge in [-0.1, -0.05) is 35.5 Å². The number of oxazole rings is 1. The van der Waals surface area contributed by atoms with Crippen LogP contribution >= 0.6 is 23.4 Å². The molecule has 2 aliphatic rings. The summed E-state index contributed by atoms with van der Waals surface area (Å²) in [6, 6.07) is 7.46. The highest BCUT2D eigenvalue weighted by Crippen LogP contribution is 2.41. The van der Waals surface area contributed by atoms with Crippen molar-refractivity contribution in [1.29, 1.82) is 0 Å². The van der Waals surface area contributed by atoms with E-state index in [4.69, 9.17) is 21.0 Å². The topological polar surface area (TPSA) is 107 Å². The van der Waals surface area contributed by atoms with Crippen molar-refractivity contribution >= 4 is 34.4 Å². The second-order valence-electron chi connectivity index (χ2n) is 8.14. The van der Waals surface area contributed by atoms with E-state index in [1.807, 2.05) is 18.2 Å². The predicted molar refractivity (Wildman–Crippen MR) is 121 cm³/mol. The molecule has 32 heavy (non-hydrogen) atoms. The molecule has 2 fully saturated rings. The number of benzene rings is 1. The van der Waals surface area contributed by atoms with Gasteiger partial charge in [0.2, 0.25) is 5.89 Å². The van der Waals surface area contributed by atoms with Crippen LogP contribution in [0.4, 0.5) is 0 Å². The van der Waals surface area contributed by atoms with Crippen LogP contribution in [-0.4, -0.2) is 24.5 Å². The molecule has 8 nitrogen and oxygen atoms in total. The molecule has 0 bridgehead atoms. The maximum absolute atomic E-state index is 12.7. The minimum absolute atomic E-state index is 0.0913. The van der Waals surface area contributed by atoms with Crippen LogP contribution in [0.15, 0.2) is 49.5 Å². The zero-order chi connectivity index (χ0) is 21.8. The van der Waals surface area contributed by atoms with Crippen LogP contribution in [0, 0.1) is 0 Å². The summed E-state index contributed by atoms with van der Waals surface area (Å²) in [6.45, 7) is 0. The van der Waals surface area contributed by atoms with Crippen molar-refractivity contribution in [3.8, 4) is 11.3 Å². The molecule has 3 aromatic heterocycles. The van der Waals surface area contributed by atoms with Crippen molar-refractivity contribution in [1.82, 2.24) is 24.5 Å². The molecule has 10 heteroatoms.